The predicted octanol–water partition coefficient (Wildman–Crippen LogP) is 4.54. The highest BCUT2D eigenvalue weighted by Crippen LogP contribution is 2.29. The molecule has 1 atom stereocenters. The van der Waals surface area contributed by atoms with Gasteiger partial charge >= 0.3 is 6.03 Å². The molecule has 4 heteroatoms. The lowest BCUT2D eigenvalue weighted by atomic mass is 9.88. The molecule has 0 saturated heterocycles. The summed E-state index contributed by atoms with van der Waals surface area (Å²) in [6.45, 7) is 0. The average molecular weight is 301 g/mol. The maximum atomic E-state index is 12.2. The van der Waals surface area contributed by atoms with Crippen molar-refractivity contribution >= 4 is 23.3 Å². The first kappa shape index (κ1) is 14.0. The van der Waals surface area contributed by atoms with Gasteiger partial charge in [-0.25, -0.2) is 4.79 Å². The maximum Gasteiger partial charge on any atom is 0.319 e. The Labute approximate surface area is 129 Å². The number of fused-ring (bicyclic) bond motifs is 1. The van der Waals surface area contributed by atoms with Crippen molar-refractivity contribution in [1.82, 2.24) is 5.32 Å². The number of hydrogen-bond acceptors (Lipinski definition) is 1. The Bertz CT molecular complexity index is 657. The molecule has 2 amide bonds. The van der Waals surface area contributed by atoms with E-state index in [2.05, 4.69) is 22.8 Å². The zero-order valence-corrected chi connectivity index (χ0v) is 12.4. The van der Waals surface area contributed by atoms with Crippen molar-refractivity contribution in [2.24, 2.45) is 0 Å². The Kier molecular flexibility index (Phi) is 4.11. The fourth-order valence-electron chi connectivity index (χ4n) is 2.78. The van der Waals surface area contributed by atoms with Crippen LogP contribution < -0.4 is 10.6 Å². The van der Waals surface area contributed by atoms with Crippen molar-refractivity contribution in [3.05, 3.63) is 64.7 Å². The molecule has 3 rings (SSSR count). The van der Waals surface area contributed by atoms with Gasteiger partial charge in [0.2, 0.25) is 0 Å². The topological polar surface area (TPSA) is 41.1 Å². The van der Waals surface area contributed by atoms with Crippen LogP contribution in [0.3, 0.4) is 0 Å². The number of urea groups is 1. The van der Waals surface area contributed by atoms with E-state index in [9.17, 15) is 4.79 Å². The molecule has 3 nitrogen and oxygen atoms in total. The van der Waals surface area contributed by atoms with Gasteiger partial charge in [0.1, 0.15) is 0 Å². The molecular weight excluding hydrogens is 284 g/mol. The quantitative estimate of drug-likeness (QED) is 0.840. The standard InChI is InChI=1S/C17H17ClN2O/c18-14-9-3-4-10-16(14)20-17(21)19-15-11-5-7-12-6-1-2-8-13(12)15/h1-4,6,8-10,15H,5,7,11H2,(H2,19,20,21)/t15-/m0/s1. The normalized spacial score (nSPS) is 16.9. The minimum atomic E-state index is -0.218. The highest BCUT2D eigenvalue weighted by Gasteiger charge is 2.21. The highest BCUT2D eigenvalue weighted by atomic mass is 35.5. The Hall–Kier alpha value is -2.00. The zero-order chi connectivity index (χ0) is 14.7. The molecule has 0 radical (unpaired) electrons. The molecule has 2 N–H and O–H groups in total. The summed E-state index contributed by atoms with van der Waals surface area (Å²) in [6.07, 6.45) is 3.14. The smallest absolute Gasteiger partial charge is 0.319 e. The van der Waals surface area contributed by atoms with E-state index in [0.29, 0.717) is 10.7 Å². The summed E-state index contributed by atoms with van der Waals surface area (Å²) in [7, 11) is 0. The number of halogens is 1. The molecule has 1 aliphatic carbocycles. The summed E-state index contributed by atoms with van der Waals surface area (Å²) < 4.78 is 0. The second-order valence-corrected chi connectivity index (χ2v) is 5.63. The number of rotatable bonds is 2. The summed E-state index contributed by atoms with van der Waals surface area (Å²) in [5.41, 5.74) is 3.17. The molecule has 0 fully saturated rings. The van der Waals surface area contributed by atoms with Crippen LogP contribution >= 0.6 is 11.6 Å². The minimum Gasteiger partial charge on any atom is -0.331 e. The number of anilines is 1. The monoisotopic (exact) mass is 300 g/mol. The van der Waals surface area contributed by atoms with Gasteiger partial charge in [0.25, 0.3) is 0 Å². The molecule has 1 aliphatic rings. The van der Waals surface area contributed by atoms with Crippen LogP contribution in [0.15, 0.2) is 48.5 Å². The molecule has 2 aromatic carbocycles. The van der Waals surface area contributed by atoms with E-state index >= 15 is 0 Å². The SMILES string of the molecule is O=C(Nc1ccccc1Cl)N[C@H]1CCCc2ccccc21. The average Bonchev–Trinajstić information content (AvgIpc) is 2.50. The first-order valence-electron chi connectivity index (χ1n) is 7.14. The van der Waals surface area contributed by atoms with Gasteiger partial charge in [0, 0.05) is 0 Å². The van der Waals surface area contributed by atoms with E-state index in [1.54, 1.807) is 12.1 Å². The van der Waals surface area contributed by atoms with Gasteiger partial charge in [-0.05, 0) is 42.5 Å². The minimum absolute atomic E-state index is 0.0671. The number of carbonyl (C=O) groups excluding carboxylic acids is 1. The molecule has 21 heavy (non-hydrogen) atoms. The van der Waals surface area contributed by atoms with Crippen LogP contribution in [0.25, 0.3) is 0 Å². The van der Waals surface area contributed by atoms with E-state index in [4.69, 9.17) is 11.6 Å². The second kappa shape index (κ2) is 6.19. The Morgan fingerprint density at radius 2 is 1.86 bits per heavy atom. The van der Waals surface area contributed by atoms with Crippen LogP contribution in [0.4, 0.5) is 10.5 Å². The molecule has 0 bridgehead atoms. The highest BCUT2D eigenvalue weighted by molar-refractivity contribution is 6.33. The third kappa shape index (κ3) is 3.19. The van der Waals surface area contributed by atoms with Gasteiger partial charge in [-0.15, -0.1) is 0 Å². The lowest BCUT2D eigenvalue weighted by Gasteiger charge is -2.26. The van der Waals surface area contributed by atoms with Gasteiger partial charge in [0.05, 0.1) is 16.8 Å². The van der Waals surface area contributed by atoms with Crippen LogP contribution in [0, 0.1) is 0 Å². The van der Waals surface area contributed by atoms with Crippen LogP contribution in [0.1, 0.15) is 30.0 Å². The van der Waals surface area contributed by atoms with Crippen LogP contribution in [-0.2, 0) is 6.42 Å². The Balaban J connectivity index is 1.70. The summed E-state index contributed by atoms with van der Waals surface area (Å²) in [4.78, 5) is 12.2. The van der Waals surface area contributed by atoms with Gasteiger partial charge < -0.3 is 10.6 Å². The fraction of sp³-hybridized carbons (Fsp3) is 0.235. The van der Waals surface area contributed by atoms with E-state index in [1.165, 1.54) is 11.1 Å². The van der Waals surface area contributed by atoms with E-state index in [0.717, 1.165) is 19.3 Å². The first-order chi connectivity index (χ1) is 10.2. The predicted molar refractivity (Wildman–Crippen MR) is 85.7 cm³/mol. The van der Waals surface area contributed by atoms with E-state index in [1.807, 2.05) is 24.3 Å². The summed E-state index contributed by atoms with van der Waals surface area (Å²) in [5, 5.41) is 6.39. The van der Waals surface area contributed by atoms with Crippen LogP contribution in [0.5, 0.6) is 0 Å². The molecule has 0 spiro atoms. The van der Waals surface area contributed by atoms with Crippen molar-refractivity contribution in [3.8, 4) is 0 Å². The number of aryl methyl sites for hydroxylation is 1. The number of para-hydroxylation sites is 1. The maximum absolute atomic E-state index is 12.2. The Morgan fingerprint density at radius 1 is 1.10 bits per heavy atom. The van der Waals surface area contributed by atoms with Gasteiger partial charge in [-0.1, -0.05) is 48.0 Å². The molecule has 0 aromatic heterocycles. The van der Waals surface area contributed by atoms with Crippen molar-refractivity contribution < 1.29 is 4.79 Å². The molecule has 0 saturated carbocycles. The second-order valence-electron chi connectivity index (χ2n) is 5.22. The van der Waals surface area contributed by atoms with Crippen LogP contribution in [0.2, 0.25) is 5.02 Å². The number of hydrogen-bond donors (Lipinski definition) is 2. The number of nitrogens with one attached hydrogen (secondary N) is 2. The third-order valence-corrected chi connectivity index (χ3v) is 4.13. The number of amides is 2. The number of carbonyl (C=O) groups is 1. The van der Waals surface area contributed by atoms with Crippen molar-refractivity contribution in [2.45, 2.75) is 25.3 Å². The summed E-state index contributed by atoms with van der Waals surface area (Å²) in [5.74, 6) is 0. The lowest BCUT2D eigenvalue weighted by Crippen LogP contribution is -2.34. The zero-order valence-electron chi connectivity index (χ0n) is 11.6. The molecule has 0 aliphatic heterocycles. The van der Waals surface area contributed by atoms with E-state index < -0.39 is 0 Å². The summed E-state index contributed by atoms with van der Waals surface area (Å²) >= 11 is 6.05. The number of benzene rings is 2. The molecule has 0 unspecified atom stereocenters. The Morgan fingerprint density at radius 3 is 2.71 bits per heavy atom. The molecule has 108 valence electrons. The van der Waals surface area contributed by atoms with Crippen molar-refractivity contribution in [1.29, 1.82) is 0 Å². The largest absolute Gasteiger partial charge is 0.331 e. The van der Waals surface area contributed by atoms with Gasteiger partial charge in [-0.2, -0.15) is 0 Å². The van der Waals surface area contributed by atoms with Gasteiger partial charge in [0.15, 0.2) is 0 Å². The fourth-order valence-corrected chi connectivity index (χ4v) is 2.97. The molecule has 2 aromatic rings. The molecule has 0 heterocycles. The van der Waals surface area contributed by atoms with E-state index in [-0.39, 0.29) is 12.1 Å². The van der Waals surface area contributed by atoms with Crippen molar-refractivity contribution in [2.75, 3.05) is 5.32 Å². The van der Waals surface area contributed by atoms with Crippen molar-refractivity contribution in [3.63, 3.8) is 0 Å². The van der Waals surface area contributed by atoms with Gasteiger partial charge in [-0.3, -0.25) is 0 Å². The first-order valence-corrected chi connectivity index (χ1v) is 7.51. The lowest BCUT2D eigenvalue weighted by molar-refractivity contribution is 0.247. The summed E-state index contributed by atoms with van der Waals surface area (Å²) in [6, 6.07) is 15.4. The molecular formula is C17H17ClN2O. The van der Waals surface area contributed by atoms with Crippen LogP contribution in [-0.4, -0.2) is 6.03 Å². The third-order valence-electron chi connectivity index (χ3n) is 3.80.